The molecule has 3 rings (SSSR count). The average molecular weight is 523 g/mol. The number of anilines is 2. The van der Waals surface area contributed by atoms with E-state index >= 15 is 0 Å². The van der Waals surface area contributed by atoms with Gasteiger partial charge in [0, 0.05) is 11.8 Å². The van der Waals surface area contributed by atoms with Gasteiger partial charge in [0.15, 0.2) is 11.5 Å². The molecule has 2 N–H and O–H groups in total. The minimum Gasteiger partial charge on any atom is -0.493 e. The Kier molecular flexibility index (Phi) is 9.08. The van der Waals surface area contributed by atoms with E-state index in [2.05, 4.69) is 10.6 Å². The Morgan fingerprint density at radius 3 is 2.32 bits per heavy atom. The summed E-state index contributed by atoms with van der Waals surface area (Å²) in [6, 6.07) is 11.0. The molecule has 0 saturated heterocycles. The minimum absolute atomic E-state index is 0.158. The van der Waals surface area contributed by atoms with Crippen molar-refractivity contribution < 1.29 is 28.6 Å². The van der Waals surface area contributed by atoms with Crippen LogP contribution in [-0.4, -0.2) is 38.6 Å². The van der Waals surface area contributed by atoms with Gasteiger partial charge >= 0.3 is 5.97 Å². The summed E-state index contributed by atoms with van der Waals surface area (Å²) >= 11 is 1.02. The lowest BCUT2D eigenvalue weighted by Gasteiger charge is -2.09. The Morgan fingerprint density at radius 2 is 1.68 bits per heavy atom. The van der Waals surface area contributed by atoms with Gasteiger partial charge < -0.3 is 24.8 Å². The number of thiophene rings is 1. The number of amides is 2. The molecule has 1 heterocycles. The molecule has 1 aromatic heterocycles. The molecule has 0 spiro atoms. The summed E-state index contributed by atoms with van der Waals surface area (Å²) in [7, 11) is 3.07. The lowest BCUT2D eigenvalue weighted by atomic mass is 10.1. The standard InChI is InChI=1S/C28H30N2O6S/c1-7-36-28(33)24-18(4)25(26(32)29-20-11-8-16(2)14-17(20)3)37-27(24)30-23(31)13-10-19-9-12-21(34-5)22(15-19)35-6/h8-15H,7H2,1-6H3,(H,29,32)(H,30,31)/b13-10+. The van der Waals surface area contributed by atoms with Crippen LogP contribution in [-0.2, 0) is 9.53 Å². The molecular weight excluding hydrogens is 492 g/mol. The van der Waals surface area contributed by atoms with Crippen LogP contribution in [0.25, 0.3) is 6.08 Å². The zero-order chi connectivity index (χ0) is 27.1. The van der Waals surface area contributed by atoms with Crippen LogP contribution in [0.4, 0.5) is 10.7 Å². The quantitative estimate of drug-likeness (QED) is 0.273. The molecule has 0 aliphatic carbocycles. The Balaban J connectivity index is 1.87. The third kappa shape index (κ3) is 6.56. The summed E-state index contributed by atoms with van der Waals surface area (Å²) in [4.78, 5) is 38.9. The van der Waals surface area contributed by atoms with Crippen molar-refractivity contribution in [3.8, 4) is 11.5 Å². The van der Waals surface area contributed by atoms with Crippen LogP contribution in [0.2, 0.25) is 0 Å². The first kappa shape index (κ1) is 27.5. The third-order valence-corrected chi connectivity index (χ3v) is 6.74. The fraction of sp³-hybridized carbons (Fsp3) is 0.250. The maximum Gasteiger partial charge on any atom is 0.341 e. The van der Waals surface area contributed by atoms with E-state index in [0.29, 0.717) is 33.2 Å². The highest BCUT2D eigenvalue weighted by Crippen LogP contribution is 2.35. The van der Waals surface area contributed by atoms with Gasteiger partial charge in [0.05, 0.1) is 31.3 Å². The van der Waals surface area contributed by atoms with Crippen LogP contribution in [0.3, 0.4) is 0 Å². The number of rotatable bonds is 9. The molecule has 0 aliphatic rings. The number of hydrogen-bond acceptors (Lipinski definition) is 7. The fourth-order valence-corrected chi connectivity index (χ4v) is 4.78. The van der Waals surface area contributed by atoms with E-state index in [1.54, 1.807) is 45.2 Å². The van der Waals surface area contributed by atoms with Crippen molar-refractivity contribution in [1.29, 1.82) is 0 Å². The van der Waals surface area contributed by atoms with Crippen LogP contribution < -0.4 is 20.1 Å². The van der Waals surface area contributed by atoms with Crippen molar-refractivity contribution in [1.82, 2.24) is 0 Å². The SMILES string of the molecule is CCOC(=O)c1c(NC(=O)/C=C/c2ccc(OC)c(OC)c2)sc(C(=O)Nc2ccc(C)cc2C)c1C. The van der Waals surface area contributed by atoms with Crippen molar-refractivity contribution in [3.05, 3.63) is 75.2 Å². The van der Waals surface area contributed by atoms with Gasteiger partial charge in [0.1, 0.15) is 5.00 Å². The monoisotopic (exact) mass is 522 g/mol. The first-order chi connectivity index (χ1) is 17.7. The average Bonchev–Trinajstić information content (AvgIpc) is 3.19. The number of ether oxygens (including phenoxy) is 3. The van der Waals surface area contributed by atoms with E-state index in [-0.39, 0.29) is 23.1 Å². The van der Waals surface area contributed by atoms with Crippen molar-refractivity contribution in [3.63, 3.8) is 0 Å². The molecule has 2 amide bonds. The molecule has 2 aromatic carbocycles. The topological polar surface area (TPSA) is 103 Å². The van der Waals surface area contributed by atoms with E-state index in [1.807, 2.05) is 32.0 Å². The molecule has 37 heavy (non-hydrogen) atoms. The highest BCUT2D eigenvalue weighted by molar-refractivity contribution is 7.19. The first-order valence-corrected chi connectivity index (χ1v) is 12.4. The molecule has 194 valence electrons. The number of methoxy groups -OCH3 is 2. The van der Waals surface area contributed by atoms with Crippen LogP contribution >= 0.6 is 11.3 Å². The van der Waals surface area contributed by atoms with Crippen molar-refractivity contribution in [2.45, 2.75) is 27.7 Å². The summed E-state index contributed by atoms with van der Waals surface area (Å²) in [6.07, 6.45) is 2.94. The second-order valence-corrected chi connectivity index (χ2v) is 9.21. The summed E-state index contributed by atoms with van der Waals surface area (Å²) in [5.74, 6) is -0.350. The van der Waals surface area contributed by atoms with Crippen molar-refractivity contribution in [2.75, 3.05) is 31.5 Å². The Bertz CT molecular complexity index is 1360. The van der Waals surface area contributed by atoms with Gasteiger partial charge in [-0.25, -0.2) is 4.79 Å². The maximum atomic E-state index is 13.1. The Hall–Kier alpha value is -4.11. The first-order valence-electron chi connectivity index (χ1n) is 11.6. The highest BCUT2D eigenvalue weighted by atomic mass is 32.1. The molecule has 0 saturated carbocycles. The Labute approximate surface area is 220 Å². The number of aryl methyl sites for hydroxylation is 2. The lowest BCUT2D eigenvalue weighted by molar-refractivity contribution is -0.111. The molecule has 8 nitrogen and oxygen atoms in total. The number of carbonyl (C=O) groups excluding carboxylic acids is 3. The zero-order valence-electron chi connectivity index (χ0n) is 21.7. The molecular formula is C28H30N2O6S. The largest absolute Gasteiger partial charge is 0.493 e. The predicted octanol–water partition coefficient (Wildman–Crippen LogP) is 5.77. The van der Waals surface area contributed by atoms with Gasteiger partial charge in [-0.05, 0) is 68.7 Å². The van der Waals surface area contributed by atoms with Crippen LogP contribution in [0.1, 0.15) is 49.2 Å². The Morgan fingerprint density at radius 1 is 0.946 bits per heavy atom. The van der Waals surface area contributed by atoms with Crippen molar-refractivity contribution >= 4 is 45.9 Å². The van der Waals surface area contributed by atoms with E-state index in [4.69, 9.17) is 14.2 Å². The van der Waals surface area contributed by atoms with Gasteiger partial charge in [0.25, 0.3) is 5.91 Å². The molecule has 9 heteroatoms. The van der Waals surface area contributed by atoms with Crippen molar-refractivity contribution in [2.24, 2.45) is 0 Å². The van der Waals surface area contributed by atoms with Gasteiger partial charge in [-0.15, -0.1) is 11.3 Å². The van der Waals surface area contributed by atoms with Gasteiger partial charge in [-0.2, -0.15) is 0 Å². The highest BCUT2D eigenvalue weighted by Gasteiger charge is 2.26. The normalized spacial score (nSPS) is 10.8. The summed E-state index contributed by atoms with van der Waals surface area (Å²) in [6.45, 7) is 7.39. The maximum absolute atomic E-state index is 13.1. The molecule has 0 radical (unpaired) electrons. The predicted molar refractivity (Wildman–Crippen MR) is 146 cm³/mol. The second-order valence-electron chi connectivity index (χ2n) is 8.19. The van der Waals surface area contributed by atoms with Gasteiger partial charge in [0.2, 0.25) is 5.91 Å². The molecule has 0 unspecified atom stereocenters. The van der Waals surface area contributed by atoms with Crippen LogP contribution in [0.5, 0.6) is 11.5 Å². The number of hydrogen-bond donors (Lipinski definition) is 2. The second kappa shape index (κ2) is 12.2. The van der Waals surface area contributed by atoms with E-state index < -0.39 is 11.9 Å². The smallest absolute Gasteiger partial charge is 0.341 e. The van der Waals surface area contributed by atoms with Gasteiger partial charge in [-0.1, -0.05) is 23.8 Å². The zero-order valence-corrected chi connectivity index (χ0v) is 22.5. The van der Waals surface area contributed by atoms with Crippen LogP contribution in [0.15, 0.2) is 42.5 Å². The summed E-state index contributed by atoms with van der Waals surface area (Å²) in [5.41, 5.74) is 3.98. The van der Waals surface area contributed by atoms with Crippen LogP contribution in [0, 0.1) is 20.8 Å². The number of nitrogens with one attached hydrogen (secondary N) is 2. The molecule has 3 aromatic rings. The fourth-order valence-electron chi connectivity index (χ4n) is 3.68. The summed E-state index contributed by atoms with van der Waals surface area (Å²) < 4.78 is 15.7. The van der Waals surface area contributed by atoms with Gasteiger partial charge in [-0.3, -0.25) is 9.59 Å². The van der Waals surface area contributed by atoms with E-state index in [1.165, 1.54) is 13.2 Å². The molecule has 0 atom stereocenters. The number of esters is 1. The number of carbonyl (C=O) groups is 3. The van der Waals surface area contributed by atoms with E-state index in [9.17, 15) is 14.4 Å². The molecule has 0 fully saturated rings. The molecule has 0 bridgehead atoms. The molecule has 0 aliphatic heterocycles. The minimum atomic E-state index is -0.610. The third-order valence-electron chi connectivity index (χ3n) is 5.53. The lowest BCUT2D eigenvalue weighted by Crippen LogP contribution is -2.14. The number of benzene rings is 2. The summed E-state index contributed by atoms with van der Waals surface area (Å²) in [5, 5.41) is 5.86. The van der Waals surface area contributed by atoms with E-state index in [0.717, 1.165) is 22.5 Å².